The molecule has 0 radical (unpaired) electrons. The summed E-state index contributed by atoms with van der Waals surface area (Å²) in [5.41, 5.74) is 1.57. The maximum absolute atomic E-state index is 13.8. The number of aliphatic hydroxyl groups is 1. The van der Waals surface area contributed by atoms with Gasteiger partial charge in [-0.05, 0) is 43.4 Å². The number of anilines is 1. The van der Waals surface area contributed by atoms with Crippen LogP contribution in [0.4, 0.5) is 10.1 Å². The molecule has 1 aliphatic rings. The van der Waals surface area contributed by atoms with Gasteiger partial charge in [0, 0.05) is 19.7 Å². The molecule has 88 valence electrons. The summed E-state index contributed by atoms with van der Waals surface area (Å²) in [5.74, 6) is -0.159. The van der Waals surface area contributed by atoms with E-state index < -0.39 is 0 Å². The molecule has 1 aromatic carbocycles. The normalized spacial score (nSPS) is 16.5. The molecule has 0 aliphatic carbocycles. The third kappa shape index (κ3) is 2.53. The average Bonchev–Trinajstić information content (AvgIpc) is 2.31. The van der Waals surface area contributed by atoms with Crippen LogP contribution in [0.2, 0.25) is 0 Å². The second-order valence-electron chi connectivity index (χ2n) is 4.31. The minimum Gasteiger partial charge on any atom is -0.396 e. The fourth-order valence-corrected chi connectivity index (χ4v) is 2.23. The standard InChI is InChI=1S/C13H18FNO/c14-12-10-11(6-9-16)4-5-13(12)15-7-2-1-3-8-15/h4-5,10,16H,1-3,6-9H2. The summed E-state index contributed by atoms with van der Waals surface area (Å²) in [6.07, 6.45) is 4.08. The summed E-state index contributed by atoms with van der Waals surface area (Å²) in [7, 11) is 0. The van der Waals surface area contributed by atoms with E-state index in [1.165, 1.54) is 6.42 Å². The summed E-state index contributed by atoms with van der Waals surface area (Å²) < 4.78 is 13.8. The fourth-order valence-electron chi connectivity index (χ4n) is 2.23. The predicted octanol–water partition coefficient (Wildman–Crippen LogP) is 2.35. The second-order valence-corrected chi connectivity index (χ2v) is 4.31. The Hall–Kier alpha value is -1.09. The number of aliphatic hydroxyl groups excluding tert-OH is 1. The van der Waals surface area contributed by atoms with E-state index in [2.05, 4.69) is 4.90 Å². The van der Waals surface area contributed by atoms with Crippen molar-refractivity contribution >= 4 is 5.69 Å². The molecule has 0 aromatic heterocycles. The Morgan fingerprint density at radius 2 is 1.94 bits per heavy atom. The quantitative estimate of drug-likeness (QED) is 0.850. The van der Waals surface area contributed by atoms with Crippen LogP contribution in [0, 0.1) is 5.82 Å². The lowest BCUT2D eigenvalue weighted by molar-refractivity contribution is 0.299. The maximum Gasteiger partial charge on any atom is 0.146 e. The van der Waals surface area contributed by atoms with Crippen LogP contribution < -0.4 is 4.90 Å². The molecule has 0 atom stereocenters. The molecule has 1 aliphatic heterocycles. The zero-order valence-corrected chi connectivity index (χ0v) is 9.45. The molecule has 3 heteroatoms. The Morgan fingerprint density at radius 3 is 2.56 bits per heavy atom. The van der Waals surface area contributed by atoms with Crippen molar-refractivity contribution in [2.75, 3.05) is 24.6 Å². The smallest absolute Gasteiger partial charge is 0.146 e. The van der Waals surface area contributed by atoms with Crippen LogP contribution in [-0.4, -0.2) is 24.8 Å². The molecule has 0 amide bonds. The van der Waals surface area contributed by atoms with Gasteiger partial charge in [0.25, 0.3) is 0 Å². The van der Waals surface area contributed by atoms with Crippen LogP contribution in [0.15, 0.2) is 18.2 Å². The van der Waals surface area contributed by atoms with Crippen LogP contribution in [0.25, 0.3) is 0 Å². The molecule has 1 aromatic rings. The number of piperidine rings is 1. The molecule has 1 saturated heterocycles. The van der Waals surface area contributed by atoms with Crippen LogP contribution in [0.5, 0.6) is 0 Å². The maximum atomic E-state index is 13.8. The third-order valence-corrected chi connectivity index (χ3v) is 3.11. The van der Waals surface area contributed by atoms with Gasteiger partial charge >= 0.3 is 0 Å². The fraction of sp³-hybridized carbons (Fsp3) is 0.538. The molecule has 0 unspecified atom stereocenters. The molecule has 0 spiro atoms. The highest BCUT2D eigenvalue weighted by molar-refractivity contribution is 5.49. The Kier molecular flexibility index (Phi) is 3.78. The van der Waals surface area contributed by atoms with Gasteiger partial charge in [0.15, 0.2) is 0 Å². The Bertz CT molecular complexity index is 348. The molecule has 1 heterocycles. The van der Waals surface area contributed by atoms with Gasteiger partial charge in [-0.2, -0.15) is 0 Å². The summed E-state index contributed by atoms with van der Waals surface area (Å²) in [6.45, 7) is 1.98. The zero-order chi connectivity index (χ0) is 11.4. The number of benzene rings is 1. The summed E-state index contributed by atoms with van der Waals surface area (Å²) >= 11 is 0. The molecule has 1 N–H and O–H groups in total. The van der Waals surface area contributed by atoms with Crippen molar-refractivity contribution in [2.45, 2.75) is 25.7 Å². The van der Waals surface area contributed by atoms with Crippen molar-refractivity contribution in [2.24, 2.45) is 0 Å². The molecule has 16 heavy (non-hydrogen) atoms. The minimum absolute atomic E-state index is 0.0719. The first-order chi connectivity index (χ1) is 7.81. The SMILES string of the molecule is OCCc1ccc(N2CCCCC2)c(F)c1. The van der Waals surface area contributed by atoms with E-state index in [-0.39, 0.29) is 12.4 Å². The molecule has 0 bridgehead atoms. The van der Waals surface area contributed by atoms with Crippen molar-refractivity contribution < 1.29 is 9.50 Å². The monoisotopic (exact) mass is 223 g/mol. The highest BCUT2D eigenvalue weighted by Gasteiger charge is 2.14. The third-order valence-electron chi connectivity index (χ3n) is 3.11. The van der Waals surface area contributed by atoms with Crippen molar-refractivity contribution in [3.8, 4) is 0 Å². The molecule has 0 saturated carbocycles. The number of hydrogen-bond acceptors (Lipinski definition) is 2. The number of halogens is 1. The molecule has 1 fully saturated rings. The van der Waals surface area contributed by atoms with Gasteiger partial charge in [-0.1, -0.05) is 6.07 Å². The first-order valence-electron chi connectivity index (χ1n) is 5.95. The lowest BCUT2D eigenvalue weighted by atomic mass is 10.1. The van der Waals surface area contributed by atoms with E-state index in [0.717, 1.165) is 31.5 Å². The van der Waals surface area contributed by atoms with Gasteiger partial charge in [0.2, 0.25) is 0 Å². The predicted molar refractivity (Wildman–Crippen MR) is 63.3 cm³/mol. The zero-order valence-electron chi connectivity index (χ0n) is 9.45. The summed E-state index contributed by atoms with van der Waals surface area (Å²) in [5, 5.41) is 8.80. The highest BCUT2D eigenvalue weighted by atomic mass is 19.1. The van der Waals surface area contributed by atoms with Gasteiger partial charge in [0.05, 0.1) is 5.69 Å². The van der Waals surface area contributed by atoms with E-state index in [9.17, 15) is 4.39 Å². The minimum atomic E-state index is -0.159. The van der Waals surface area contributed by atoms with E-state index in [0.29, 0.717) is 12.1 Å². The first kappa shape index (κ1) is 11.4. The van der Waals surface area contributed by atoms with Gasteiger partial charge in [0.1, 0.15) is 5.82 Å². The summed E-state index contributed by atoms with van der Waals surface area (Å²) in [4.78, 5) is 2.11. The van der Waals surface area contributed by atoms with Crippen molar-refractivity contribution in [3.05, 3.63) is 29.6 Å². The molecule has 2 nitrogen and oxygen atoms in total. The van der Waals surface area contributed by atoms with Crippen LogP contribution in [-0.2, 0) is 6.42 Å². The second kappa shape index (κ2) is 5.30. The van der Waals surface area contributed by atoms with E-state index in [1.54, 1.807) is 6.07 Å². The van der Waals surface area contributed by atoms with Crippen LogP contribution in [0.3, 0.4) is 0 Å². The van der Waals surface area contributed by atoms with Crippen LogP contribution in [0.1, 0.15) is 24.8 Å². The van der Waals surface area contributed by atoms with Crippen molar-refractivity contribution in [3.63, 3.8) is 0 Å². The largest absolute Gasteiger partial charge is 0.396 e. The molecule has 2 rings (SSSR count). The Labute approximate surface area is 95.7 Å². The van der Waals surface area contributed by atoms with Crippen molar-refractivity contribution in [1.82, 2.24) is 0 Å². The van der Waals surface area contributed by atoms with Gasteiger partial charge < -0.3 is 10.0 Å². The lowest BCUT2D eigenvalue weighted by Crippen LogP contribution is -2.30. The molecular weight excluding hydrogens is 205 g/mol. The lowest BCUT2D eigenvalue weighted by Gasteiger charge is -2.29. The number of hydrogen-bond donors (Lipinski definition) is 1. The van der Waals surface area contributed by atoms with E-state index in [1.807, 2.05) is 12.1 Å². The highest BCUT2D eigenvalue weighted by Crippen LogP contribution is 2.24. The van der Waals surface area contributed by atoms with Crippen molar-refractivity contribution in [1.29, 1.82) is 0 Å². The van der Waals surface area contributed by atoms with Gasteiger partial charge in [-0.25, -0.2) is 4.39 Å². The van der Waals surface area contributed by atoms with Gasteiger partial charge in [-0.15, -0.1) is 0 Å². The molecular formula is C13H18FNO. The topological polar surface area (TPSA) is 23.5 Å². The first-order valence-corrected chi connectivity index (χ1v) is 5.95. The van der Waals surface area contributed by atoms with E-state index >= 15 is 0 Å². The summed E-state index contributed by atoms with van der Waals surface area (Å²) in [6, 6.07) is 5.29. The Morgan fingerprint density at radius 1 is 1.19 bits per heavy atom. The van der Waals surface area contributed by atoms with Gasteiger partial charge in [-0.3, -0.25) is 0 Å². The average molecular weight is 223 g/mol. The number of rotatable bonds is 3. The van der Waals surface area contributed by atoms with E-state index in [4.69, 9.17) is 5.11 Å². The van der Waals surface area contributed by atoms with Crippen LogP contribution >= 0.6 is 0 Å². The Balaban J connectivity index is 2.14. The number of nitrogens with zero attached hydrogens (tertiary/aromatic N) is 1.